The van der Waals surface area contributed by atoms with Gasteiger partial charge in [-0.05, 0) is 25.8 Å². The highest BCUT2D eigenvalue weighted by Crippen LogP contribution is 2.21. The Bertz CT molecular complexity index is 752. The van der Waals surface area contributed by atoms with E-state index < -0.39 is 0 Å². The van der Waals surface area contributed by atoms with Crippen molar-refractivity contribution < 1.29 is 4.52 Å². The number of nitrogens with one attached hydrogen (secondary N) is 1. The lowest BCUT2D eigenvalue weighted by atomic mass is 10.1. The summed E-state index contributed by atoms with van der Waals surface area (Å²) < 4.78 is 7.04. The highest BCUT2D eigenvalue weighted by molar-refractivity contribution is 5.68. The zero-order valence-corrected chi connectivity index (χ0v) is 12.7. The van der Waals surface area contributed by atoms with Gasteiger partial charge < -0.3 is 9.84 Å². The van der Waals surface area contributed by atoms with Crippen LogP contribution in [0.2, 0.25) is 0 Å². The number of nitrogens with zero attached hydrogens (tertiary/aromatic N) is 4. The summed E-state index contributed by atoms with van der Waals surface area (Å²) >= 11 is 0. The van der Waals surface area contributed by atoms with Gasteiger partial charge in [-0.15, -0.1) is 0 Å². The van der Waals surface area contributed by atoms with Crippen LogP contribution in [0, 0.1) is 13.8 Å². The second kappa shape index (κ2) is 5.20. The van der Waals surface area contributed by atoms with E-state index in [9.17, 15) is 0 Å². The average molecular weight is 285 g/mol. The molecule has 0 spiro atoms. The van der Waals surface area contributed by atoms with Crippen LogP contribution in [0.3, 0.4) is 0 Å². The fourth-order valence-electron chi connectivity index (χ4n) is 2.29. The molecule has 110 valence electrons. The molecular formula is C15H19N5O. The average Bonchev–Trinajstić information content (AvgIpc) is 3.02. The normalized spacial score (nSPS) is 11.5. The molecule has 0 amide bonds. The van der Waals surface area contributed by atoms with Crippen molar-refractivity contribution in [2.24, 2.45) is 0 Å². The van der Waals surface area contributed by atoms with Crippen LogP contribution in [0.1, 0.15) is 42.5 Å². The number of anilines is 1. The van der Waals surface area contributed by atoms with Gasteiger partial charge in [0.25, 0.3) is 0 Å². The molecule has 0 bridgehead atoms. The summed E-state index contributed by atoms with van der Waals surface area (Å²) in [5, 5.41) is 11.9. The van der Waals surface area contributed by atoms with E-state index in [-0.39, 0.29) is 0 Å². The molecule has 21 heavy (non-hydrogen) atoms. The molecule has 1 N–H and O–H groups in total. The van der Waals surface area contributed by atoms with Crippen LogP contribution in [0.5, 0.6) is 0 Å². The Morgan fingerprint density at radius 1 is 1.33 bits per heavy atom. The second-order valence-corrected chi connectivity index (χ2v) is 5.49. The van der Waals surface area contributed by atoms with Crippen LogP contribution in [0.15, 0.2) is 23.0 Å². The SMILES string of the molecule is Cc1noc(C)c1CNc1nccn2nc(C(C)C)cc12. The van der Waals surface area contributed by atoms with Gasteiger partial charge in [0.1, 0.15) is 11.3 Å². The first-order valence-corrected chi connectivity index (χ1v) is 7.06. The molecule has 3 heterocycles. The molecule has 6 heteroatoms. The molecule has 0 atom stereocenters. The third-order valence-corrected chi connectivity index (χ3v) is 3.61. The standard InChI is InChI=1S/C15H19N5O/c1-9(2)13-7-14-15(16-5-6-20(14)18-13)17-8-12-10(3)19-21-11(12)4/h5-7,9H,8H2,1-4H3,(H,16,17). The summed E-state index contributed by atoms with van der Waals surface area (Å²) in [4.78, 5) is 4.42. The Kier molecular flexibility index (Phi) is 3.37. The first kappa shape index (κ1) is 13.6. The number of rotatable bonds is 4. The molecular weight excluding hydrogens is 266 g/mol. The Morgan fingerprint density at radius 3 is 2.81 bits per heavy atom. The summed E-state index contributed by atoms with van der Waals surface area (Å²) in [6, 6.07) is 2.08. The van der Waals surface area contributed by atoms with Crippen LogP contribution < -0.4 is 5.32 Å². The number of fused-ring (bicyclic) bond motifs is 1. The minimum absolute atomic E-state index is 0.389. The van der Waals surface area contributed by atoms with E-state index in [1.54, 1.807) is 6.20 Å². The Balaban J connectivity index is 1.90. The Morgan fingerprint density at radius 2 is 2.14 bits per heavy atom. The van der Waals surface area contributed by atoms with Gasteiger partial charge in [-0.1, -0.05) is 19.0 Å². The number of hydrogen-bond acceptors (Lipinski definition) is 5. The van der Waals surface area contributed by atoms with Crippen molar-refractivity contribution >= 4 is 11.3 Å². The molecule has 0 aliphatic carbocycles. The second-order valence-electron chi connectivity index (χ2n) is 5.49. The van der Waals surface area contributed by atoms with E-state index in [1.807, 2.05) is 24.6 Å². The molecule has 0 fully saturated rings. The van der Waals surface area contributed by atoms with Crippen molar-refractivity contribution in [2.45, 2.75) is 40.2 Å². The van der Waals surface area contributed by atoms with Gasteiger partial charge in [-0.3, -0.25) is 0 Å². The maximum atomic E-state index is 5.18. The maximum Gasteiger partial charge on any atom is 0.152 e. The Labute approximate surface area is 123 Å². The molecule has 3 aromatic heterocycles. The molecule has 0 saturated carbocycles. The van der Waals surface area contributed by atoms with Crippen molar-refractivity contribution in [1.29, 1.82) is 0 Å². The third-order valence-electron chi connectivity index (χ3n) is 3.61. The van der Waals surface area contributed by atoms with Crippen molar-refractivity contribution in [1.82, 2.24) is 19.8 Å². The van der Waals surface area contributed by atoms with Crippen LogP contribution in [-0.2, 0) is 6.54 Å². The zero-order valence-electron chi connectivity index (χ0n) is 12.7. The van der Waals surface area contributed by atoms with Gasteiger partial charge in [0.2, 0.25) is 0 Å². The fraction of sp³-hybridized carbons (Fsp3) is 0.400. The maximum absolute atomic E-state index is 5.18. The highest BCUT2D eigenvalue weighted by Gasteiger charge is 2.12. The summed E-state index contributed by atoms with van der Waals surface area (Å²) in [6.45, 7) is 8.76. The first-order valence-electron chi connectivity index (χ1n) is 7.06. The van der Waals surface area contributed by atoms with Gasteiger partial charge in [-0.2, -0.15) is 5.10 Å². The van der Waals surface area contributed by atoms with Crippen molar-refractivity contribution in [3.63, 3.8) is 0 Å². The molecule has 0 aliphatic rings. The van der Waals surface area contributed by atoms with Crippen LogP contribution in [-0.4, -0.2) is 19.8 Å². The van der Waals surface area contributed by atoms with Crippen molar-refractivity contribution in [3.05, 3.63) is 41.2 Å². The van der Waals surface area contributed by atoms with E-state index in [0.29, 0.717) is 12.5 Å². The Hall–Kier alpha value is -2.37. The van der Waals surface area contributed by atoms with E-state index in [0.717, 1.165) is 34.0 Å². The van der Waals surface area contributed by atoms with Gasteiger partial charge in [-0.25, -0.2) is 9.50 Å². The number of hydrogen-bond donors (Lipinski definition) is 1. The topological polar surface area (TPSA) is 68.2 Å². The largest absolute Gasteiger partial charge is 0.364 e. The van der Waals surface area contributed by atoms with Gasteiger partial charge in [0, 0.05) is 24.5 Å². The predicted octanol–water partition coefficient (Wildman–Crippen LogP) is 3.07. The van der Waals surface area contributed by atoms with Crippen LogP contribution in [0.4, 0.5) is 5.82 Å². The lowest BCUT2D eigenvalue weighted by Gasteiger charge is -2.06. The smallest absolute Gasteiger partial charge is 0.152 e. The summed E-state index contributed by atoms with van der Waals surface area (Å²) in [5.74, 6) is 2.04. The quantitative estimate of drug-likeness (QED) is 0.798. The molecule has 0 aromatic carbocycles. The molecule has 6 nitrogen and oxygen atoms in total. The minimum atomic E-state index is 0.389. The zero-order chi connectivity index (χ0) is 15.0. The number of aryl methyl sites for hydroxylation is 2. The fourth-order valence-corrected chi connectivity index (χ4v) is 2.29. The van der Waals surface area contributed by atoms with Crippen molar-refractivity contribution in [3.8, 4) is 0 Å². The molecule has 0 saturated heterocycles. The third kappa shape index (κ3) is 2.49. The molecule has 3 aromatic rings. The summed E-state index contributed by atoms with van der Waals surface area (Å²) in [6.07, 6.45) is 3.61. The predicted molar refractivity (Wildman–Crippen MR) is 80.4 cm³/mol. The van der Waals surface area contributed by atoms with E-state index in [4.69, 9.17) is 4.52 Å². The minimum Gasteiger partial charge on any atom is -0.364 e. The number of aromatic nitrogens is 4. The van der Waals surface area contributed by atoms with E-state index >= 15 is 0 Å². The van der Waals surface area contributed by atoms with E-state index in [1.165, 1.54) is 0 Å². The van der Waals surface area contributed by atoms with Gasteiger partial charge in [0.15, 0.2) is 5.82 Å². The molecule has 3 rings (SSSR count). The summed E-state index contributed by atoms with van der Waals surface area (Å²) in [5.41, 5.74) is 4.02. The monoisotopic (exact) mass is 285 g/mol. The lowest BCUT2D eigenvalue weighted by molar-refractivity contribution is 0.392. The van der Waals surface area contributed by atoms with Crippen molar-refractivity contribution in [2.75, 3.05) is 5.32 Å². The van der Waals surface area contributed by atoms with Crippen LogP contribution >= 0.6 is 0 Å². The van der Waals surface area contributed by atoms with Crippen LogP contribution in [0.25, 0.3) is 5.52 Å². The summed E-state index contributed by atoms with van der Waals surface area (Å²) in [7, 11) is 0. The van der Waals surface area contributed by atoms with Gasteiger partial charge >= 0.3 is 0 Å². The lowest BCUT2D eigenvalue weighted by Crippen LogP contribution is -2.04. The molecule has 0 aliphatic heterocycles. The van der Waals surface area contributed by atoms with Gasteiger partial charge in [0.05, 0.1) is 11.4 Å². The highest BCUT2D eigenvalue weighted by atomic mass is 16.5. The van der Waals surface area contributed by atoms with E-state index in [2.05, 4.69) is 40.5 Å². The molecule has 0 radical (unpaired) electrons. The molecule has 0 unspecified atom stereocenters. The first-order chi connectivity index (χ1) is 10.1.